The Bertz CT molecular complexity index is 1140. The Balaban J connectivity index is 1.87. The van der Waals surface area contributed by atoms with Crippen molar-refractivity contribution < 1.29 is 14.7 Å². The number of nitrogens with one attached hydrogen (secondary N) is 1. The highest BCUT2D eigenvalue weighted by Crippen LogP contribution is 2.32. The molecule has 2 N–H and O–H groups in total. The first-order valence-corrected chi connectivity index (χ1v) is 11.9. The first-order chi connectivity index (χ1) is 14.5. The first-order valence-electron chi connectivity index (χ1n) is 8.75. The molecule has 3 aromatic rings. The summed E-state index contributed by atoms with van der Waals surface area (Å²) in [5, 5.41) is 23.4. The maximum absolute atomic E-state index is 12.3. The van der Waals surface area contributed by atoms with Gasteiger partial charge in [-0.2, -0.15) is 17.0 Å². The first kappa shape index (κ1) is 22.2. The van der Waals surface area contributed by atoms with E-state index in [1.54, 1.807) is 18.5 Å². The number of amides is 1. The number of aliphatic carboxylic acids is 1. The maximum Gasteiger partial charge on any atom is 0.327 e. The Labute approximate surface area is 190 Å². The highest BCUT2D eigenvalue weighted by atomic mass is 79.9. The maximum atomic E-state index is 12.3. The second-order valence-electron chi connectivity index (χ2n) is 6.19. The number of benzene rings is 2. The number of hydrogen-bond acceptors (Lipinski definition) is 6. The second kappa shape index (κ2) is 10.0. The lowest BCUT2D eigenvalue weighted by Gasteiger charge is -2.14. The summed E-state index contributed by atoms with van der Waals surface area (Å²) in [6, 6.07) is 12.5. The van der Waals surface area contributed by atoms with E-state index in [0.29, 0.717) is 21.1 Å². The molecule has 0 aliphatic carbocycles. The van der Waals surface area contributed by atoms with Gasteiger partial charge in [-0.25, -0.2) is 9.78 Å². The topological polar surface area (TPSA) is 108 Å². The molecule has 1 atom stereocenters. The second-order valence-corrected chi connectivity index (χ2v) is 8.86. The van der Waals surface area contributed by atoms with Crippen LogP contribution in [0.4, 0.5) is 0 Å². The molecule has 0 saturated carbocycles. The number of halogens is 1. The number of hydrogen-bond donors (Lipinski definition) is 2. The van der Waals surface area contributed by atoms with Gasteiger partial charge in [-0.1, -0.05) is 36.0 Å². The summed E-state index contributed by atoms with van der Waals surface area (Å²) in [5.41, 5.74) is 1.40. The van der Waals surface area contributed by atoms with Crippen molar-refractivity contribution in [1.82, 2.24) is 14.9 Å². The number of carboxylic acid groups (broad SMARTS) is 1. The van der Waals surface area contributed by atoms with Crippen LogP contribution in [0.3, 0.4) is 0 Å². The zero-order valence-electron chi connectivity index (χ0n) is 15.8. The number of carbonyl (C=O) groups is 2. The lowest BCUT2D eigenvalue weighted by molar-refractivity contribution is -0.140. The van der Waals surface area contributed by atoms with E-state index in [1.807, 2.05) is 34.9 Å². The van der Waals surface area contributed by atoms with Gasteiger partial charge >= 0.3 is 5.97 Å². The molecule has 10 heteroatoms. The molecule has 0 aliphatic rings. The zero-order chi connectivity index (χ0) is 21.7. The molecule has 3 rings (SSSR count). The van der Waals surface area contributed by atoms with Crippen molar-refractivity contribution in [3.63, 3.8) is 0 Å². The van der Waals surface area contributed by atoms with E-state index in [-0.39, 0.29) is 11.7 Å². The third kappa shape index (κ3) is 4.80. The average Bonchev–Trinajstić information content (AvgIpc) is 3.11. The van der Waals surface area contributed by atoms with Gasteiger partial charge in [0.15, 0.2) is 5.16 Å². The van der Waals surface area contributed by atoms with E-state index in [4.69, 9.17) is 0 Å². The van der Waals surface area contributed by atoms with E-state index < -0.39 is 12.0 Å². The Morgan fingerprint density at radius 1 is 1.30 bits per heavy atom. The van der Waals surface area contributed by atoms with Crippen molar-refractivity contribution in [2.75, 3.05) is 17.8 Å². The number of nitrogens with zero attached hydrogens (tertiary/aromatic N) is 3. The van der Waals surface area contributed by atoms with Crippen molar-refractivity contribution in [2.24, 2.45) is 0 Å². The van der Waals surface area contributed by atoms with Gasteiger partial charge < -0.3 is 10.4 Å². The van der Waals surface area contributed by atoms with Crippen LogP contribution in [0.5, 0.6) is 0 Å². The van der Waals surface area contributed by atoms with Crippen LogP contribution < -0.4 is 5.32 Å². The molecular weight excluding hydrogens is 488 g/mol. The summed E-state index contributed by atoms with van der Waals surface area (Å²) >= 11 is 6.06. The minimum Gasteiger partial charge on any atom is -0.480 e. The van der Waals surface area contributed by atoms with Crippen LogP contribution in [0.15, 0.2) is 52.4 Å². The average molecular weight is 505 g/mol. The van der Waals surface area contributed by atoms with Crippen LogP contribution in [0.2, 0.25) is 0 Å². The van der Waals surface area contributed by atoms with Crippen LogP contribution in [-0.4, -0.2) is 50.3 Å². The molecule has 0 aliphatic heterocycles. The summed E-state index contributed by atoms with van der Waals surface area (Å²) in [7, 11) is 0. The lowest BCUT2D eigenvalue weighted by atomic mass is 10.0. The number of thioether (sulfide) groups is 2. The summed E-state index contributed by atoms with van der Waals surface area (Å²) in [5.74, 6) is -1.12. The highest BCUT2D eigenvalue weighted by Gasteiger charge is 2.20. The summed E-state index contributed by atoms with van der Waals surface area (Å²) in [6.45, 7) is 0. The normalized spacial score (nSPS) is 11.8. The molecule has 1 unspecified atom stereocenters. The predicted octanol–water partition coefficient (Wildman–Crippen LogP) is 3.68. The van der Waals surface area contributed by atoms with Crippen LogP contribution in [0, 0.1) is 11.3 Å². The smallest absolute Gasteiger partial charge is 0.327 e. The quantitative estimate of drug-likeness (QED) is 0.450. The Hall–Kier alpha value is -2.48. The molecule has 1 heterocycles. The molecule has 0 bridgehead atoms. The number of fused-ring (bicyclic) bond motifs is 1. The van der Waals surface area contributed by atoms with Gasteiger partial charge in [-0.3, -0.25) is 9.36 Å². The van der Waals surface area contributed by atoms with Crippen LogP contribution >= 0.6 is 39.5 Å². The van der Waals surface area contributed by atoms with Crippen molar-refractivity contribution in [2.45, 2.75) is 11.2 Å². The van der Waals surface area contributed by atoms with Gasteiger partial charge in [0.25, 0.3) is 0 Å². The lowest BCUT2D eigenvalue weighted by Crippen LogP contribution is -2.43. The van der Waals surface area contributed by atoms with Gasteiger partial charge in [-0.15, -0.1) is 0 Å². The van der Waals surface area contributed by atoms with Crippen LogP contribution in [-0.2, 0) is 9.59 Å². The third-order valence-electron chi connectivity index (χ3n) is 4.25. The molecule has 30 heavy (non-hydrogen) atoms. The molecule has 1 amide bonds. The van der Waals surface area contributed by atoms with Crippen molar-refractivity contribution in [3.05, 3.63) is 52.8 Å². The predicted molar refractivity (Wildman–Crippen MR) is 122 cm³/mol. The Morgan fingerprint density at radius 2 is 2.03 bits per heavy atom. The Morgan fingerprint density at radius 3 is 2.70 bits per heavy atom. The zero-order valence-corrected chi connectivity index (χ0v) is 19.1. The molecule has 2 aromatic carbocycles. The molecular formula is C20H17BrN4O3S2. The molecule has 0 fully saturated rings. The van der Waals surface area contributed by atoms with Gasteiger partial charge in [-0.05, 0) is 34.3 Å². The summed E-state index contributed by atoms with van der Waals surface area (Å²) in [6.07, 6.45) is 3.42. The van der Waals surface area contributed by atoms with E-state index in [1.165, 1.54) is 23.5 Å². The van der Waals surface area contributed by atoms with Gasteiger partial charge in [0.2, 0.25) is 5.91 Å². The molecule has 154 valence electrons. The molecule has 0 saturated heterocycles. The molecule has 0 radical (unpaired) electrons. The number of carbonyl (C=O) groups excluding carboxylic acids is 1. The number of imidazole rings is 1. The van der Waals surface area contributed by atoms with Gasteiger partial charge in [0.1, 0.15) is 10.6 Å². The molecule has 7 nitrogen and oxygen atoms in total. The number of carboxylic acids is 1. The largest absolute Gasteiger partial charge is 0.480 e. The third-order valence-corrected chi connectivity index (χ3v) is 6.43. The SMILES string of the molecule is CSCC(NC(=O)CSc1ncc(Br)n1-c1ccc(C#N)c2ccccc12)C(=O)O. The minimum atomic E-state index is -1.06. The van der Waals surface area contributed by atoms with Crippen LogP contribution in [0.1, 0.15) is 5.56 Å². The molecule has 0 spiro atoms. The summed E-state index contributed by atoms with van der Waals surface area (Å²) in [4.78, 5) is 27.9. The molecule has 1 aromatic heterocycles. The van der Waals surface area contributed by atoms with Gasteiger partial charge in [0, 0.05) is 16.5 Å². The number of rotatable bonds is 8. The van der Waals surface area contributed by atoms with E-state index in [2.05, 4.69) is 32.3 Å². The fourth-order valence-electron chi connectivity index (χ4n) is 2.92. The van der Waals surface area contributed by atoms with E-state index >= 15 is 0 Å². The fourth-order valence-corrected chi connectivity index (χ4v) is 4.85. The van der Waals surface area contributed by atoms with E-state index in [9.17, 15) is 20.0 Å². The standard InChI is InChI=1S/C20H17BrN4O3S2/c1-29-10-15(19(27)28)24-18(26)11-30-20-23-9-17(21)25(20)16-7-6-12(8-22)13-4-2-3-5-14(13)16/h2-7,9,15H,10-11H2,1H3,(H,24,26)(H,27,28). The number of aromatic nitrogens is 2. The minimum absolute atomic E-state index is 0.0236. The van der Waals surface area contributed by atoms with E-state index in [0.717, 1.165) is 16.5 Å². The highest BCUT2D eigenvalue weighted by molar-refractivity contribution is 9.10. The summed E-state index contributed by atoms with van der Waals surface area (Å²) < 4.78 is 2.56. The fraction of sp³-hybridized carbons (Fsp3) is 0.200. The van der Waals surface area contributed by atoms with Gasteiger partial charge in [0.05, 0.1) is 29.3 Å². The monoisotopic (exact) mass is 504 g/mol. The van der Waals surface area contributed by atoms with Crippen molar-refractivity contribution >= 4 is 62.1 Å². The number of nitriles is 1. The Kier molecular flexibility index (Phi) is 7.42. The van der Waals surface area contributed by atoms with Crippen molar-refractivity contribution in [3.8, 4) is 11.8 Å². The van der Waals surface area contributed by atoms with Crippen LogP contribution in [0.25, 0.3) is 16.5 Å². The van der Waals surface area contributed by atoms with Crippen molar-refractivity contribution in [1.29, 1.82) is 5.26 Å².